The first-order chi connectivity index (χ1) is 9.31. The molecule has 1 aliphatic heterocycles. The Hall–Kier alpha value is 0.880. The van der Waals surface area contributed by atoms with Gasteiger partial charge in [-0.05, 0) is 12.3 Å². The number of β-amino-alcohol motifs (C(OH)–C–C–N with tert-alkyl or cyclic N) is 1. The van der Waals surface area contributed by atoms with Gasteiger partial charge in [0.2, 0.25) is 0 Å². The Morgan fingerprint density at radius 3 is 2.50 bits per heavy atom. The number of morpholine rings is 1. The summed E-state index contributed by atoms with van der Waals surface area (Å²) in [6, 6.07) is 0.532. The van der Waals surface area contributed by atoms with E-state index in [2.05, 4.69) is 18.7 Å². The van der Waals surface area contributed by atoms with Gasteiger partial charge in [-0.25, -0.2) is 0 Å². The van der Waals surface area contributed by atoms with Crippen LogP contribution >= 0.6 is 0 Å². The van der Waals surface area contributed by atoms with E-state index < -0.39 is 0 Å². The zero-order valence-corrected chi connectivity index (χ0v) is 12.9. The second-order valence-corrected chi connectivity index (χ2v) is 5.86. The van der Waals surface area contributed by atoms with Crippen LogP contribution in [0.3, 0.4) is 0 Å². The molecule has 0 amide bonds. The average molecular weight is 295 g/mol. The number of nitrogens with zero attached hydrogens (tertiary/aromatic N) is 1. The Kier molecular flexibility index (Phi) is 14.1. The van der Waals surface area contributed by atoms with Gasteiger partial charge in [-0.1, -0.05) is 52.4 Å². The van der Waals surface area contributed by atoms with Gasteiger partial charge >= 0.3 is 29.6 Å². The summed E-state index contributed by atoms with van der Waals surface area (Å²) in [5, 5.41) is 9.11. The van der Waals surface area contributed by atoms with Crippen molar-refractivity contribution >= 4 is 29.6 Å². The van der Waals surface area contributed by atoms with Crippen LogP contribution in [0.4, 0.5) is 0 Å². The van der Waals surface area contributed by atoms with Crippen molar-refractivity contribution < 1.29 is 9.84 Å². The van der Waals surface area contributed by atoms with E-state index >= 15 is 0 Å². The molecule has 0 aromatic carbocycles. The minimum atomic E-state index is 0. The molecule has 3 nitrogen and oxygen atoms in total. The molecule has 1 aliphatic rings. The maximum absolute atomic E-state index is 9.11. The predicted octanol–water partition coefficient (Wildman–Crippen LogP) is 2.42. The fourth-order valence-corrected chi connectivity index (χ4v) is 3.27. The number of hydrogen-bond acceptors (Lipinski definition) is 3. The molecule has 1 saturated heterocycles. The normalized spacial score (nSPS) is 20.1. The minimum absolute atomic E-state index is 0. The fraction of sp³-hybridized carbons (Fsp3) is 1.00. The molecule has 0 aliphatic carbocycles. The van der Waals surface area contributed by atoms with Crippen LogP contribution in [0.2, 0.25) is 0 Å². The Morgan fingerprint density at radius 1 is 1.20 bits per heavy atom. The molecule has 0 aromatic rings. The summed E-state index contributed by atoms with van der Waals surface area (Å²) in [4.78, 5) is 2.40. The van der Waals surface area contributed by atoms with E-state index in [1.54, 1.807) is 0 Å². The van der Waals surface area contributed by atoms with Gasteiger partial charge in [0.25, 0.3) is 0 Å². The van der Waals surface area contributed by atoms with Crippen molar-refractivity contribution in [1.29, 1.82) is 0 Å². The molecule has 1 fully saturated rings. The fourth-order valence-electron chi connectivity index (χ4n) is 3.27. The summed E-state index contributed by atoms with van der Waals surface area (Å²) in [5.41, 5.74) is 0. The van der Waals surface area contributed by atoms with Crippen LogP contribution in [-0.4, -0.2) is 78.5 Å². The molecule has 4 heteroatoms. The third-order valence-electron chi connectivity index (χ3n) is 4.28. The van der Waals surface area contributed by atoms with E-state index in [0.717, 1.165) is 32.2 Å². The van der Waals surface area contributed by atoms with Crippen molar-refractivity contribution in [3.05, 3.63) is 0 Å². The standard InChI is InChI=1S/C16H33NO2.Na.H/c1-3-6-15(7-4-2)8-5-9-16-14-19-13-11-17(16)10-12-18;;/h15-16,18H,3-14H2,1-2H3;;. The van der Waals surface area contributed by atoms with Crippen LogP contribution in [0.1, 0.15) is 58.8 Å². The molecule has 0 spiro atoms. The summed E-state index contributed by atoms with van der Waals surface area (Å²) in [6.07, 6.45) is 9.29. The third-order valence-corrected chi connectivity index (χ3v) is 4.28. The van der Waals surface area contributed by atoms with E-state index in [4.69, 9.17) is 9.84 Å². The topological polar surface area (TPSA) is 32.7 Å². The van der Waals surface area contributed by atoms with Crippen molar-refractivity contribution in [2.75, 3.05) is 32.9 Å². The van der Waals surface area contributed by atoms with Crippen molar-refractivity contribution in [3.63, 3.8) is 0 Å². The number of ether oxygens (including phenoxy) is 1. The average Bonchev–Trinajstić information content (AvgIpc) is 2.41. The van der Waals surface area contributed by atoms with E-state index in [1.165, 1.54) is 44.9 Å². The first-order valence-electron chi connectivity index (χ1n) is 8.24. The zero-order valence-electron chi connectivity index (χ0n) is 12.9. The van der Waals surface area contributed by atoms with Crippen molar-refractivity contribution in [3.8, 4) is 0 Å². The molecular weight excluding hydrogens is 261 g/mol. The Bertz CT molecular complexity index is 209. The van der Waals surface area contributed by atoms with Gasteiger partial charge in [-0.15, -0.1) is 0 Å². The number of hydrogen-bond donors (Lipinski definition) is 1. The summed E-state index contributed by atoms with van der Waals surface area (Å²) < 4.78 is 5.59. The van der Waals surface area contributed by atoms with Gasteiger partial charge < -0.3 is 9.84 Å². The Balaban J connectivity index is 0.00000361. The van der Waals surface area contributed by atoms with Gasteiger partial charge in [-0.3, -0.25) is 4.90 Å². The number of aliphatic hydroxyl groups excluding tert-OH is 1. The molecule has 0 bridgehead atoms. The first kappa shape index (κ1) is 20.9. The zero-order chi connectivity index (χ0) is 13.9. The van der Waals surface area contributed by atoms with Crippen LogP contribution in [0.15, 0.2) is 0 Å². The number of rotatable bonds is 10. The molecule has 1 atom stereocenters. The molecule has 0 saturated carbocycles. The quantitative estimate of drug-likeness (QED) is 0.628. The van der Waals surface area contributed by atoms with Crippen LogP contribution in [0, 0.1) is 5.92 Å². The van der Waals surface area contributed by atoms with Crippen LogP contribution in [0.5, 0.6) is 0 Å². The van der Waals surface area contributed by atoms with Gasteiger partial charge in [0.15, 0.2) is 0 Å². The predicted molar refractivity (Wildman–Crippen MR) is 87.6 cm³/mol. The molecule has 1 N–H and O–H groups in total. The third kappa shape index (κ3) is 8.35. The Morgan fingerprint density at radius 2 is 1.90 bits per heavy atom. The molecule has 116 valence electrons. The van der Waals surface area contributed by atoms with Crippen molar-refractivity contribution in [2.24, 2.45) is 5.92 Å². The van der Waals surface area contributed by atoms with Gasteiger partial charge in [0, 0.05) is 19.1 Å². The van der Waals surface area contributed by atoms with E-state index in [-0.39, 0.29) is 36.2 Å². The van der Waals surface area contributed by atoms with Crippen LogP contribution < -0.4 is 0 Å². The van der Waals surface area contributed by atoms with E-state index in [1.807, 2.05) is 0 Å². The summed E-state index contributed by atoms with van der Waals surface area (Å²) in [5.74, 6) is 0.922. The Labute approximate surface area is 147 Å². The second-order valence-electron chi connectivity index (χ2n) is 5.86. The molecule has 0 radical (unpaired) electrons. The van der Waals surface area contributed by atoms with Gasteiger partial charge in [-0.2, -0.15) is 0 Å². The summed E-state index contributed by atoms with van der Waals surface area (Å²) in [6.45, 7) is 8.32. The SMILES string of the molecule is CCCC(CCC)CCCC1COCCN1CCO.[NaH]. The maximum atomic E-state index is 9.11. The molecule has 0 aromatic heterocycles. The van der Waals surface area contributed by atoms with Gasteiger partial charge in [0.1, 0.15) is 0 Å². The van der Waals surface area contributed by atoms with E-state index in [9.17, 15) is 0 Å². The molecule has 1 heterocycles. The summed E-state index contributed by atoms with van der Waals surface area (Å²) >= 11 is 0. The second kappa shape index (κ2) is 13.5. The van der Waals surface area contributed by atoms with Gasteiger partial charge in [0.05, 0.1) is 19.8 Å². The van der Waals surface area contributed by atoms with E-state index in [0.29, 0.717) is 6.04 Å². The van der Waals surface area contributed by atoms with Crippen molar-refractivity contribution in [2.45, 2.75) is 64.8 Å². The molecule has 1 unspecified atom stereocenters. The van der Waals surface area contributed by atoms with Crippen LogP contribution in [0.25, 0.3) is 0 Å². The monoisotopic (exact) mass is 295 g/mol. The number of aliphatic hydroxyl groups is 1. The molecule has 20 heavy (non-hydrogen) atoms. The molecular formula is C16H34NNaO2. The summed E-state index contributed by atoms with van der Waals surface area (Å²) in [7, 11) is 0. The molecule has 1 rings (SSSR count). The van der Waals surface area contributed by atoms with Crippen LogP contribution in [-0.2, 0) is 4.74 Å². The first-order valence-corrected chi connectivity index (χ1v) is 8.24. The van der Waals surface area contributed by atoms with Crippen molar-refractivity contribution in [1.82, 2.24) is 4.90 Å².